The van der Waals surface area contributed by atoms with Crippen LogP contribution in [0.3, 0.4) is 0 Å². The number of hydrogen-bond acceptors (Lipinski definition) is 5. The van der Waals surface area contributed by atoms with Crippen LogP contribution in [0.25, 0.3) is 21.5 Å². The van der Waals surface area contributed by atoms with Crippen molar-refractivity contribution in [1.29, 1.82) is 0 Å². The van der Waals surface area contributed by atoms with Gasteiger partial charge < -0.3 is 14.2 Å². The number of Topliss-reactive ketones (excluding diaryl/α,β-unsaturated/α-hetero) is 1. The number of fused-ring (bicyclic) bond motifs is 4. The zero-order valence-electron chi connectivity index (χ0n) is 15.3. The summed E-state index contributed by atoms with van der Waals surface area (Å²) in [5.74, 6) is 2.72. The number of piperidine rings is 1. The van der Waals surface area contributed by atoms with Gasteiger partial charge in [-0.2, -0.15) is 0 Å². The molecule has 27 heavy (non-hydrogen) atoms. The first-order valence-electron chi connectivity index (χ1n) is 9.28. The molecule has 0 aromatic heterocycles. The Morgan fingerprint density at radius 3 is 2.70 bits per heavy atom. The van der Waals surface area contributed by atoms with Gasteiger partial charge in [-0.05, 0) is 70.4 Å². The summed E-state index contributed by atoms with van der Waals surface area (Å²) in [5, 5.41) is 4.54. The minimum Gasteiger partial charge on any atom is -0.497 e. The van der Waals surface area contributed by atoms with Crippen molar-refractivity contribution in [2.75, 3.05) is 27.0 Å². The van der Waals surface area contributed by atoms with Crippen molar-refractivity contribution >= 4 is 27.3 Å². The Balaban J connectivity index is 1.69. The summed E-state index contributed by atoms with van der Waals surface area (Å²) in [7, 11) is 1.68. The molecule has 0 aliphatic carbocycles. The highest BCUT2D eigenvalue weighted by Gasteiger charge is 2.20. The predicted molar refractivity (Wildman–Crippen MR) is 104 cm³/mol. The fourth-order valence-corrected chi connectivity index (χ4v) is 4.14. The normalized spacial score (nSPS) is 17.0. The third-order valence-electron chi connectivity index (χ3n) is 5.46. The molecule has 1 fully saturated rings. The van der Waals surface area contributed by atoms with Gasteiger partial charge in [-0.25, -0.2) is 0 Å². The molecule has 0 spiro atoms. The molecule has 0 saturated carbocycles. The smallest absolute Gasteiger partial charge is 0.231 e. The predicted octanol–water partition coefficient (Wildman–Crippen LogP) is 3.90. The first-order chi connectivity index (χ1) is 13.2. The summed E-state index contributed by atoms with van der Waals surface area (Å²) in [6, 6.07) is 12.5. The second kappa shape index (κ2) is 6.43. The van der Waals surface area contributed by atoms with E-state index in [0.717, 1.165) is 52.9 Å². The topological polar surface area (TPSA) is 48.0 Å². The molecule has 0 radical (unpaired) electrons. The zero-order valence-corrected chi connectivity index (χ0v) is 15.3. The highest BCUT2D eigenvalue weighted by molar-refractivity contribution is 6.10. The number of nitrogens with zero attached hydrogens (tertiary/aromatic N) is 1. The van der Waals surface area contributed by atoms with E-state index in [1.807, 2.05) is 18.2 Å². The molecule has 2 aliphatic heterocycles. The van der Waals surface area contributed by atoms with Gasteiger partial charge in [0.05, 0.1) is 13.7 Å². The summed E-state index contributed by atoms with van der Waals surface area (Å²) >= 11 is 0. The van der Waals surface area contributed by atoms with Crippen molar-refractivity contribution in [3.05, 3.63) is 42.0 Å². The molecule has 0 amide bonds. The van der Waals surface area contributed by atoms with Crippen LogP contribution in [-0.2, 0) is 11.3 Å². The minimum atomic E-state index is 0.260. The summed E-state index contributed by atoms with van der Waals surface area (Å²) in [5.41, 5.74) is 1.22. The molecular formula is C22H21NO4. The molecule has 0 bridgehead atoms. The van der Waals surface area contributed by atoms with Crippen molar-refractivity contribution < 1.29 is 19.0 Å². The van der Waals surface area contributed by atoms with E-state index in [9.17, 15) is 4.79 Å². The van der Waals surface area contributed by atoms with Gasteiger partial charge in [0.2, 0.25) is 6.79 Å². The molecule has 2 heterocycles. The fraction of sp³-hybridized carbons (Fsp3) is 0.318. The number of carbonyl (C=O) groups is 1. The van der Waals surface area contributed by atoms with E-state index in [0.29, 0.717) is 18.7 Å². The standard InChI is InChI=1S/C22H21NO4/c1-25-17-4-5-18-15(11-23-6-2-3-16(24)12-23)7-14-8-21-22(27-13-26-21)10-19(14)20(18)9-17/h4-5,7-10H,2-3,6,11-13H2,1H3. The highest BCUT2D eigenvalue weighted by atomic mass is 16.7. The van der Waals surface area contributed by atoms with Crippen molar-refractivity contribution in [3.63, 3.8) is 0 Å². The van der Waals surface area contributed by atoms with E-state index in [1.54, 1.807) is 7.11 Å². The lowest BCUT2D eigenvalue weighted by molar-refractivity contribution is -0.122. The average Bonchev–Trinajstić information content (AvgIpc) is 3.13. The van der Waals surface area contributed by atoms with Gasteiger partial charge in [-0.1, -0.05) is 6.07 Å². The fourth-order valence-electron chi connectivity index (χ4n) is 4.14. The third-order valence-corrected chi connectivity index (χ3v) is 5.46. The number of carbonyl (C=O) groups excluding carboxylic acids is 1. The Hall–Kier alpha value is -2.79. The average molecular weight is 363 g/mol. The second-order valence-corrected chi connectivity index (χ2v) is 7.23. The van der Waals surface area contributed by atoms with Crippen LogP contribution in [0, 0.1) is 0 Å². The number of hydrogen-bond donors (Lipinski definition) is 0. The molecule has 5 rings (SSSR count). The van der Waals surface area contributed by atoms with Crippen LogP contribution in [0.5, 0.6) is 17.2 Å². The monoisotopic (exact) mass is 363 g/mol. The first kappa shape index (κ1) is 16.4. The highest BCUT2D eigenvalue weighted by Crippen LogP contribution is 2.40. The van der Waals surface area contributed by atoms with Crippen LogP contribution in [0.2, 0.25) is 0 Å². The molecule has 1 saturated heterocycles. The van der Waals surface area contributed by atoms with Crippen molar-refractivity contribution in [3.8, 4) is 17.2 Å². The molecule has 0 unspecified atom stereocenters. The maximum absolute atomic E-state index is 11.9. The van der Waals surface area contributed by atoms with Gasteiger partial charge in [0.15, 0.2) is 11.5 Å². The quantitative estimate of drug-likeness (QED) is 0.661. The maximum Gasteiger partial charge on any atom is 0.231 e. The van der Waals surface area contributed by atoms with Gasteiger partial charge in [-0.15, -0.1) is 0 Å². The second-order valence-electron chi connectivity index (χ2n) is 7.23. The number of rotatable bonds is 3. The van der Waals surface area contributed by atoms with Crippen LogP contribution in [0.1, 0.15) is 18.4 Å². The van der Waals surface area contributed by atoms with E-state index >= 15 is 0 Å². The maximum atomic E-state index is 11.9. The van der Waals surface area contributed by atoms with E-state index in [2.05, 4.69) is 23.1 Å². The van der Waals surface area contributed by atoms with Crippen LogP contribution in [-0.4, -0.2) is 37.7 Å². The van der Waals surface area contributed by atoms with Crippen molar-refractivity contribution in [2.24, 2.45) is 0 Å². The molecule has 0 atom stereocenters. The SMILES string of the molecule is COc1ccc2c(CN3CCCC(=O)C3)cc3cc4c(cc3c2c1)OCO4. The molecule has 0 N–H and O–H groups in total. The van der Waals surface area contributed by atoms with Crippen LogP contribution >= 0.6 is 0 Å². The lowest BCUT2D eigenvalue weighted by Gasteiger charge is -2.26. The Morgan fingerprint density at radius 1 is 1.04 bits per heavy atom. The zero-order chi connectivity index (χ0) is 18.4. The summed E-state index contributed by atoms with van der Waals surface area (Å²) < 4.78 is 16.6. The molecule has 3 aromatic carbocycles. The van der Waals surface area contributed by atoms with E-state index in [4.69, 9.17) is 14.2 Å². The lowest BCUT2D eigenvalue weighted by atomic mass is 9.95. The van der Waals surface area contributed by atoms with Gasteiger partial charge in [0.1, 0.15) is 11.5 Å². The van der Waals surface area contributed by atoms with E-state index in [-0.39, 0.29) is 6.79 Å². The van der Waals surface area contributed by atoms with Gasteiger partial charge in [0.25, 0.3) is 0 Å². The number of ether oxygens (including phenoxy) is 3. The summed E-state index contributed by atoms with van der Waals surface area (Å²) in [6.45, 7) is 2.52. The number of likely N-dealkylation sites (tertiary alicyclic amines) is 1. The molecule has 5 nitrogen and oxygen atoms in total. The Bertz CT molecular complexity index is 1060. The summed E-state index contributed by atoms with van der Waals surface area (Å²) in [4.78, 5) is 14.1. The molecule has 3 aromatic rings. The Morgan fingerprint density at radius 2 is 1.89 bits per heavy atom. The van der Waals surface area contributed by atoms with Crippen LogP contribution < -0.4 is 14.2 Å². The van der Waals surface area contributed by atoms with Gasteiger partial charge in [-0.3, -0.25) is 9.69 Å². The Labute approximate surface area is 157 Å². The van der Waals surface area contributed by atoms with Gasteiger partial charge in [0, 0.05) is 13.0 Å². The molecule has 138 valence electrons. The summed E-state index contributed by atoms with van der Waals surface area (Å²) in [6.07, 6.45) is 1.65. The van der Waals surface area contributed by atoms with E-state index in [1.165, 1.54) is 10.9 Å². The van der Waals surface area contributed by atoms with Gasteiger partial charge >= 0.3 is 0 Å². The third kappa shape index (κ3) is 2.88. The van der Waals surface area contributed by atoms with Crippen LogP contribution in [0.4, 0.5) is 0 Å². The van der Waals surface area contributed by atoms with E-state index < -0.39 is 0 Å². The minimum absolute atomic E-state index is 0.260. The first-order valence-corrected chi connectivity index (χ1v) is 9.28. The molecular weight excluding hydrogens is 342 g/mol. The molecule has 5 heteroatoms. The lowest BCUT2D eigenvalue weighted by Crippen LogP contribution is -2.35. The Kier molecular flexibility index (Phi) is 3.90. The van der Waals surface area contributed by atoms with Crippen molar-refractivity contribution in [1.82, 2.24) is 4.90 Å². The number of ketones is 1. The largest absolute Gasteiger partial charge is 0.497 e. The van der Waals surface area contributed by atoms with Crippen LogP contribution in [0.15, 0.2) is 36.4 Å². The number of methoxy groups -OCH3 is 1. The van der Waals surface area contributed by atoms with Crippen molar-refractivity contribution in [2.45, 2.75) is 19.4 Å². The molecule has 2 aliphatic rings. The number of benzene rings is 3.